The van der Waals surface area contributed by atoms with Gasteiger partial charge in [0.1, 0.15) is 16.6 Å². The molecule has 0 saturated carbocycles. The molecule has 0 bridgehead atoms. The molecule has 3 rings (SSSR count). The highest BCUT2D eigenvalue weighted by Crippen LogP contribution is 2.19. The zero-order chi connectivity index (χ0) is 19.2. The number of rotatable bonds is 6. The van der Waals surface area contributed by atoms with Crippen LogP contribution < -0.4 is 15.4 Å². The average molecular weight is 513 g/mol. The third-order valence-electron chi connectivity index (χ3n) is 4.01. The van der Waals surface area contributed by atoms with Gasteiger partial charge in [-0.15, -0.1) is 35.3 Å². The molecule has 0 radical (unpaired) electrons. The largest absolute Gasteiger partial charge is 0.497 e. The van der Waals surface area contributed by atoms with E-state index in [-0.39, 0.29) is 24.0 Å². The number of halogens is 1. The van der Waals surface area contributed by atoms with Crippen molar-refractivity contribution in [3.8, 4) is 17.1 Å². The summed E-state index contributed by atoms with van der Waals surface area (Å²) in [6.45, 7) is 5.21. The first-order valence-corrected chi connectivity index (χ1v) is 9.34. The third kappa shape index (κ3) is 5.64. The lowest BCUT2D eigenvalue weighted by atomic mass is 10.2. The summed E-state index contributed by atoms with van der Waals surface area (Å²) in [4.78, 5) is 14.5. The molecule has 0 unspecified atom stereocenters. The van der Waals surface area contributed by atoms with Crippen molar-refractivity contribution in [2.75, 3.05) is 14.2 Å². The molecule has 3 aromatic rings. The smallest absolute Gasteiger partial charge is 0.191 e. The molecule has 0 aliphatic rings. The quantitative estimate of drug-likeness (QED) is 0.266. The Labute approximate surface area is 185 Å². The molecule has 28 heavy (non-hydrogen) atoms. The molecule has 10 heteroatoms. The molecular weight excluding hydrogens is 489 g/mol. The first kappa shape index (κ1) is 22.1. The number of aryl methyl sites for hydroxylation is 2. The molecule has 2 heterocycles. The maximum absolute atomic E-state index is 5.17. The Kier molecular flexibility index (Phi) is 8.18. The van der Waals surface area contributed by atoms with Crippen molar-refractivity contribution in [2.45, 2.75) is 26.9 Å². The van der Waals surface area contributed by atoms with Crippen LogP contribution in [-0.4, -0.2) is 40.3 Å². The Morgan fingerprint density at radius 2 is 1.86 bits per heavy atom. The van der Waals surface area contributed by atoms with Crippen LogP contribution in [0.2, 0.25) is 0 Å². The maximum atomic E-state index is 5.17. The van der Waals surface area contributed by atoms with E-state index in [4.69, 9.17) is 4.74 Å². The minimum atomic E-state index is 0. The number of aromatic nitrogens is 4. The van der Waals surface area contributed by atoms with Gasteiger partial charge in [0.15, 0.2) is 11.8 Å². The zero-order valence-electron chi connectivity index (χ0n) is 16.2. The van der Waals surface area contributed by atoms with Crippen LogP contribution in [0.15, 0.2) is 29.3 Å². The predicted molar refractivity (Wildman–Crippen MR) is 122 cm³/mol. The van der Waals surface area contributed by atoms with Crippen molar-refractivity contribution < 1.29 is 4.74 Å². The first-order valence-electron chi connectivity index (χ1n) is 8.52. The Morgan fingerprint density at radius 1 is 1.14 bits per heavy atom. The number of methoxy groups -OCH3 is 1. The standard InChI is InChI=1S/C18H23N7OS.HI/c1-11-12(2)27-16(22-11)10-21-18(19-3)20-9-15-23-17(25-24-15)13-5-7-14(26-4)8-6-13;/h5-8H,9-10H2,1-4H3,(H2,19,20,21)(H,23,24,25);1H. The van der Waals surface area contributed by atoms with Gasteiger partial charge < -0.3 is 15.4 Å². The number of aliphatic imine (C=N–C) groups is 1. The molecule has 2 aromatic heterocycles. The van der Waals surface area contributed by atoms with Gasteiger partial charge in [-0.2, -0.15) is 5.10 Å². The summed E-state index contributed by atoms with van der Waals surface area (Å²) in [7, 11) is 3.38. The molecular formula is C18H24IN7OS. The summed E-state index contributed by atoms with van der Waals surface area (Å²) in [5, 5.41) is 14.7. The maximum Gasteiger partial charge on any atom is 0.191 e. The van der Waals surface area contributed by atoms with Gasteiger partial charge in [0.05, 0.1) is 25.9 Å². The molecule has 0 aliphatic carbocycles. The summed E-state index contributed by atoms with van der Waals surface area (Å²) < 4.78 is 5.17. The Bertz CT molecular complexity index is 901. The monoisotopic (exact) mass is 513 g/mol. The Balaban J connectivity index is 0.00000280. The lowest BCUT2D eigenvalue weighted by Gasteiger charge is -2.09. The van der Waals surface area contributed by atoms with Gasteiger partial charge in [-0.05, 0) is 38.1 Å². The van der Waals surface area contributed by atoms with Gasteiger partial charge in [0, 0.05) is 17.5 Å². The van der Waals surface area contributed by atoms with Gasteiger partial charge in [-0.25, -0.2) is 9.97 Å². The fourth-order valence-corrected chi connectivity index (χ4v) is 3.28. The summed E-state index contributed by atoms with van der Waals surface area (Å²) in [6, 6.07) is 7.63. The summed E-state index contributed by atoms with van der Waals surface area (Å²) in [5.41, 5.74) is 2.00. The van der Waals surface area contributed by atoms with E-state index in [1.54, 1.807) is 25.5 Å². The van der Waals surface area contributed by atoms with E-state index in [0.717, 1.165) is 27.8 Å². The number of nitrogens with zero attached hydrogens (tertiary/aromatic N) is 4. The summed E-state index contributed by atoms with van der Waals surface area (Å²) in [6.07, 6.45) is 0. The number of benzene rings is 1. The highest BCUT2D eigenvalue weighted by Gasteiger charge is 2.08. The fourth-order valence-electron chi connectivity index (χ4n) is 2.41. The topological polar surface area (TPSA) is 100 Å². The van der Waals surface area contributed by atoms with Gasteiger partial charge in [0.2, 0.25) is 0 Å². The van der Waals surface area contributed by atoms with Crippen LogP contribution >= 0.6 is 35.3 Å². The molecule has 3 N–H and O–H groups in total. The number of H-pyrrole nitrogens is 1. The Morgan fingerprint density at radius 3 is 2.46 bits per heavy atom. The van der Waals surface area contributed by atoms with Crippen LogP contribution in [0.25, 0.3) is 11.4 Å². The first-order chi connectivity index (χ1) is 13.1. The Hall–Kier alpha value is -2.21. The SMILES string of the molecule is CN=C(NCc1nc(-c2ccc(OC)cc2)n[nH]1)NCc1nc(C)c(C)s1.I. The minimum Gasteiger partial charge on any atom is -0.497 e. The van der Waals surface area contributed by atoms with E-state index >= 15 is 0 Å². The molecule has 8 nitrogen and oxygen atoms in total. The fraction of sp³-hybridized carbons (Fsp3) is 0.333. The average Bonchev–Trinajstić information content (AvgIpc) is 3.29. The summed E-state index contributed by atoms with van der Waals surface area (Å²) >= 11 is 1.69. The lowest BCUT2D eigenvalue weighted by Crippen LogP contribution is -2.36. The molecule has 150 valence electrons. The van der Waals surface area contributed by atoms with Crippen LogP contribution in [0.5, 0.6) is 5.75 Å². The normalized spacial score (nSPS) is 11.1. The molecule has 0 fully saturated rings. The third-order valence-corrected chi connectivity index (χ3v) is 5.08. The van der Waals surface area contributed by atoms with Crippen molar-refractivity contribution in [1.29, 1.82) is 0 Å². The van der Waals surface area contributed by atoms with E-state index in [1.807, 2.05) is 31.2 Å². The highest BCUT2D eigenvalue weighted by molar-refractivity contribution is 14.0. The van der Waals surface area contributed by atoms with Crippen LogP contribution in [-0.2, 0) is 13.1 Å². The highest BCUT2D eigenvalue weighted by atomic mass is 127. The number of thiazole rings is 1. The number of guanidine groups is 1. The van der Waals surface area contributed by atoms with E-state index in [0.29, 0.717) is 24.9 Å². The molecule has 1 aromatic carbocycles. The van der Waals surface area contributed by atoms with E-state index < -0.39 is 0 Å². The van der Waals surface area contributed by atoms with Gasteiger partial charge in [-0.1, -0.05) is 0 Å². The molecule has 0 spiro atoms. The minimum absolute atomic E-state index is 0. The molecule has 0 atom stereocenters. The second kappa shape index (κ2) is 10.4. The van der Waals surface area contributed by atoms with Crippen molar-refractivity contribution in [1.82, 2.24) is 30.8 Å². The summed E-state index contributed by atoms with van der Waals surface area (Å²) in [5.74, 6) is 2.86. The zero-order valence-corrected chi connectivity index (χ0v) is 19.4. The lowest BCUT2D eigenvalue weighted by molar-refractivity contribution is 0.415. The van der Waals surface area contributed by atoms with E-state index in [9.17, 15) is 0 Å². The number of aromatic amines is 1. The van der Waals surface area contributed by atoms with Gasteiger partial charge in [-0.3, -0.25) is 10.1 Å². The molecule has 0 saturated heterocycles. The number of ether oxygens (including phenoxy) is 1. The van der Waals surface area contributed by atoms with Crippen molar-refractivity contribution in [3.05, 3.63) is 45.7 Å². The predicted octanol–water partition coefficient (Wildman–Crippen LogP) is 3.04. The molecule has 0 amide bonds. The van der Waals surface area contributed by atoms with Crippen molar-refractivity contribution in [2.24, 2.45) is 4.99 Å². The number of hydrogen-bond acceptors (Lipinski definition) is 6. The van der Waals surface area contributed by atoms with Crippen LogP contribution in [0.1, 0.15) is 21.4 Å². The van der Waals surface area contributed by atoms with Crippen LogP contribution in [0.4, 0.5) is 0 Å². The number of hydrogen-bond donors (Lipinski definition) is 3. The second-order valence-electron chi connectivity index (χ2n) is 5.86. The van der Waals surface area contributed by atoms with Gasteiger partial charge >= 0.3 is 0 Å². The van der Waals surface area contributed by atoms with Crippen LogP contribution in [0.3, 0.4) is 0 Å². The number of nitrogens with one attached hydrogen (secondary N) is 3. The van der Waals surface area contributed by atoms with E-state index in [1.165, 1.54) is 4.88 Å². The van der Waals surface area contributed by atoms with Crippen molar-refractivity contribution in [3.63, 3.8) is 0 Å². The van der Waals surface area contributed by atoms with Gasteiger partial charge in [0.25, 0.3) is 0 Å². The van der Waals surface area contributed by atoms with Crippen LogP contribution in [0, 0.1) is 13.8 Å². The van der Waals surface area contributed by atoms with Crippen molar-refractivity contribution >= 4 is 41.3 Å². The molecule has 0 aliphatic heterocycles. The van der Waals surface area contributed by atoms with E-state index in [2.05, 4.69) is 42.7 Å². The second-order valence-corrected chi connectivity index (χ2v) is 7.15.